The summed E-state index contributed by atoms with van der Waals surface area (Å²) in [6.07, 6.45) is 5.56. The van der Waals surface area contributed by atoms with Gasteiger partial charge in [-0.1, -0.05) is 6.07 Å². The van der Waals surface area contributed by atoms with Gasteiger partial charge in [-0.2, -0.15) is 0 Å². The molecule has 0 bridgehead atoms. The number of carbonyl (C=O) groups excluding carboxylic acids is 1. The molecule has 2 fully saturated rings. The minimum atomic E-state index is 0.321. The van der Waals surface area contributed by atoms with Crippen molar-refractivity contribution in [2.24, 2.45) is 0 Å². The largest absolute Gasteiger partial charge is 0.338 e. The molecule has 72 valence electrons. The number of hydrogen-bond donors (Lipinski definition) is 0. The van der Waals surface area contributed by atoms with Gasteiger partial charge in [0.25, 0.3) is 0 Å². The fourth-order valence-corrected chi connectivity index (χ4v) is 2.58. The number of aromatic nitrogens is 1. The first-order chi connectivity index (χ1) is 6.86. The topological polar surface area (TPSA) is 33.2 Å². The minimum Gasteiger partial charge on any atom is -0.338 e. The molecular weight excluding hydrogens is 176 g/mol. The molecule has 0 spiro atoms. The molecule has 14 heavy (non-hydrogen) atoms. The Morgan fingerprint density at radius 3 is 3.07 bits per heavy atom. The van der Waals surface area contributed by atoms with Gasteiger partial charge in [-0.3, -0.25) is 9.78 Å². The number of β-lactam (4-membered cyclic amide) rings is 1. The van der Waals surface area contributed by atoms with Gasteiger partial charge in [0.15, 0.2) is 0 Å². The molecule has 2 aliphatic rings. The third-order valence-corrected chi connectivity index (χ3v) is 3.36. The summed E-state index contributed by atoms with van der Waals surface area (Å²) in [6, 6.07) is 4.55. The molecule has 2 atom stereocenters. The summed E-state index contributed by atoms with van der Waals surface area (Å²) < 4.78 is 0. The third kappa shape index (κ3) is 0.983. The number of pyridine rings is 1. The lowest BCUT2D eigenvalue weighted by Crippen LogP contribution is -2.49. The van der Waals surface area contributed by atoms with Crippen molar-refractivity contribution in [1.29, 1.82) is 0 Å². The van der Waals surface area contributed by atoms with Crippen molar-refractivity contribution < 1.29 is 4.79 Å². The molecule has 3 rings (SSSR count). The molecule has 3 heteroatoms. The third-order valence-electron chi connectivity index (χ3n) is 3.36. The van der Waals surface area contributed by atoms with E-state index in [1.165, 1.54) is 5.56 Å². The van der Waals surface area contributed by atoms with Crippen LogP contribution in [0.3, 0.4) is 0 Å². The van der Waals surface area contributed by atoms with E-state index in [9.17, 15) is 4.79 Å². The molecule has 1 aromatic heterocycles. The molecule has 0 aromatic carbocycles. The van der Waals surface area contributed by atoms with Crippen molar-refractivity contribution in [3.05, 3.63) is 30.1 Å². The zero-order chi connectivity index (χ0) is 9.54. The van der Waals surface area contributed by atoms with Crippen LogP contribution in [0.4, 0.5) is 0 Å². The second-order valence-corrected chi connectivity index (χ2v) is 4.04. The first-order valence-corrected chi connectivity index (χ1v) is 5.05. The summed E-state index contributed by atoms with van der Waals surface area (Å²) in [4.78, 5) is 17.3. The highest BCUT2D eigenvalue weighted by molar-refractivity contribution is 5.84. The van der Waals surface area contributed by atoms with Gasteiger partial charge >= 0.3 is 0 Å². The standard InChI is InChI=1S/C11H12N2O/c14-11-6-10-9(3-5-13(10)11)8-2-1-4-12-7-8/h1-2,4,7,9-10H,3,5-6H2/t9?,10-/m0/s1. The molecule has 1 aromatic rings. The molecule has 3 heterocycles. The van der Waals surface area contributed by atoms with E-state index in [4.69, 9.17) is 0 Å². The van der Waals surface area contributed by atoms with Crippen LogP contribution in [0.1, 0.15) is 24.3 Å². The van der Waals surface area contributed by atoms with Crippen LogP contribution in [0.15, 0.2) is 24.5 Å². The highest BCUT2D eigenvalue weighted by atomic mass is 16.2. The van der Waals surface area contributed by atoms with E-state index in [2.05, 4.69) is 11.1 Å². The zero-order valence-electron chi connectivity index (χ0n) is 7.89. The van der Waals surface area contributed by atoms with Crippen LogP contribution in [0.5, 0.6) is 0 Å². The van der Waals surface area contributed by atoms with Crippen LogP contribution in [0, 0.1) is 0 Å². The van der Waals surface area contributed by atoms with E-state index >= 15 is 0 Å². The molecule has 0 saturated carbocycles. The van der Waals surface area contributed by atoms with Crippen molar-refractivity contribution in [3.63, 3.8) is 0 Å². The molecule has 1 unspecified atom stereocenters. The lowest BCUT2D eigenvalue weighted by atomic mass is 9.87. The number of fused-ring (bicyclic) bond motifs is 1. The van der Waals surface area contributed by atoms with Crippen molar-refractivity contribution >= 4 is 5.91 Å². The Hall–Kier alpha value is -1.38. The molecule has 1 amide bonds. The van der Waals surface area contributed by atoms with Crippen LogP contribution < -0.4 is 0 Å². The summed E-state index contributed by atoms with van der Waals surface area (Å²) >= 11 is 0. The SMILES string of the molecule is O=C1C[C@H]2C(c3cccnc3)CCN12. The maximum Gasteiger partial charge on any atom is 0.224 e. The van der Waals surface area contributed by atoms with Gasteiger partial charge in [0.2, 0.25) is 5.91 Å². The number of amides is 1. The molecular formula is C11H12N2O. The Balaban J connectivity index is 1.85. The van der Waals surface area contributed by atoms with E-state index in [0.717, 1.165) is 19.4 Å². The first kappa shape index (κ1) is 7.97. The number of nitrogens with zero attached hydrogens (tertiary/aromatic N) is 2. The highest BCUT2D eigenvalue weighted by Gasteiger charge is 2.46. The minimum absolute atomic E-state index is 0.321. The lowest BCUT2D eigenvalue weighted by molar-refractivity contribution is -0.143. The number of hydrogen-bond acceptors (Lipinski definition) is 2. The molecule has 0 radical (unpaired) electrons. The van der Waals surface area contributed by atoms with Gasteiger partial charge in [0, 0.05) is 37.3 Å². The Bertz CT molecular complexity index is 363. The maximum absolute atomic E-state index is 11.2. The van der Waals surface area contributed by atoms with Gasteiger partial charge in [-0.15, -0.1) is 0 Å². The van der Waals surface area contributed by atoms with Gasteiger partial charge in [0.05, 0.1) is 0 Å². The van der Waals surface area contributed by atoms with Gasteiger partial charge in [-0.25, -0.2) is 0 Å². The molecule has 0 aliphatic carbocycles. The van der Waals surface area contributed by atoms with Crippen LogP contribution in [-0.2, 0) is 4.79 Å². The smallest absolute Gasteiger partial charge is 0.224 e. The Labute approximate surface area is 82.8 Å². The zero-order valence-corrected chi connectivity index (χ0v) is 7.89. The normalized spacial score (nSPS) is 30.0. The van der Waals surface area contributed by atoms with Crippen molar-refractivity contribution in [2.45, 2.75) is 24.8 Å². The molecule has 3 nitrogen and oxygen atoms in total. The Kier molecular flexibility index (Phi) is 1.60. The number of rotatable bonds is 1. The summed E-state index contributed by atoms with van der Waals surface area (Å²) in [5.41, 5.74) is 1.28. The van der Waals surface area contributed by atoms with E-state index in [1.54, 1.807) is 6.20 Å². The van der Waals surface area contributed by atoms with E-state index in [0.29, 0.717) is 17.9 Å². The monoisotopic (exact) mass is 188 g/mol. The molecule has 2 saturated heterocycles. The average Bonchev–Trinajstić information content (AvgIpc) is 2.56. The Morgan fingerprint density at radius 2 is 2.43 bits per heavy atom. The van der Waals surface area contributed by atoms with Crippen molar-refractivity contribution in [3.8, 4) is 0 Å². The predicted octanol–water partition coefficient (Wildman–Crippen LogP) is 1.17. The average molecular weight is 188 g/mol. The van der Waals surface area contributed by atoms with Crippen molar-refractivity contribution in [1.82, 2.24) is 9.88 Å². The summed E-state index contributed by atoms with van der Waals surface area (Å²) in [5, 5.41) is 0. The predicted molar refractivity (Wildman–Crippen MR) is 51.7 cm³/mol. The second kappa shape index (κ2) is 2.80. The highest BCUT2D eigenvalue weighted by Crippen LogP contribution is 2.40. The fraction of sp³-hybridized carbons (Fsp3) is 0.455. The maximum atomic E-state index is 11.2. The summed E-state index contributed by atoms with van der Waals surface area (Å²) in [7, 11) is 0. The van der Waals surface area contributed by atoms with Crippen LogP contribution in [0.2, 0.25) is 0 Å². The quantitative estimate of drug-likeness (QED) is 0.620. The summed E-state index contributed by atoms with van der Waals surface area (Å²) in [5.74, 6) is 0.850. The van der Waals surface area contributed by atoms with Crippen LogP contribution in [-0.4, -0.2) is 28.4 Å². The van der Waals surface area contributed by atoms with E-state index in [-0.39, 0.29) is 0 Å². The van der Waals surface area contributed by atoms with Gasteiger partial charge in [0.1, 0.15) is 0 Å². The first-order valence-electron chi connectivity index (χ1n) is 5.05. The van der Waals surface area contributed by atoms with Crippen LogP contribution in [0.25, 0.3) is 0 Å². The second-order valence-electron chi connectivity index (χ2n) is 4.04. The van der Waals surface area contributed by atoms with Crippen molar-refractivity contribution in [2.75, 3.05) is 6.54 Å². The summed E-state index contributed by atoms with van der Waals surface area (Å²) in [6.45, 7) is 0.934. The van der Waals surface area contributed by atoms with Gasteiger partial charge < -0.3 is 4.90 Å². The van der Waals surface area contributed by atoms with E-state index in [1.807, 2.05) is 17.2 Å². The molecule has 0 N–H and O–H groups in total. The van der Waals surface area contributed by atoms with Crippen LogP contribution >= 0.6 is 0 Å². The fourth-order valence-electron chi connectivity index (χ4n) is 2.58. The number of carbonyl (C=O) groups is 1. The van der Waals surface area contributed by atoms with E-state index < -0.39 is 0 Å². The molecule has 2 aliphatic heterocycles. The Morgan fingerprint density at radius 1 is 1.50 bits per heavy atom. The van der Waals surface area contributed by atoms with Gasteiger partial charge in [-0.05, 0) is 18.1 Å². The lowest BCUT2D eigenvalue weighted by Gasteiger charge is -2.37.